The first kappa shape index (κ1) is 20.7. The van der Waals surface area contributed by atoms with Crippen LogP contribution in [0.1, 0.15) is 5.56 Å². The number of carbonyl (C=O) groups is 1. The fourth-order valence-electron chi connectivity index (χ4n) is 3.07. The number of fused-ring (bicyclic) bond motifs is 1. The summed E-state index contributed by atoms with van der Waals surface area (Å²) in [7, 11) is 0. The van der Waals surface area contributed by atoms with Crippen molar-refractivity contribution in [3.05, 3.63) is 100 Å². The van der Waals surface area contributed by atoms with E-state index in [0.717, 1.165) is 11.8 Å². The first-order valence-corrected chi connectivity index (χ1v) is 10.4. The van der Waals surface area contributed by atoms with Crippen LogP contribution in [0.3, 0.4) is 0 Å². The third kappa shape index (κ3) is 4.49. The number of carbonyl (C=O) groups excluding carboxylic acids is 1. The number of para-hydroxylation sites is 2. The Morgan fingerprint density at radius 3 is 2.39 bits per heavy atom. The second-order valence-electron chi connectivity index (χ2n) is 6.66. The number of nitrogens with one attached hydrogen (secondary N) is 1. The van der Waals surface area contributed by atoms with Crippen LogP contribution in [-0.2, 0) is 11.3 Å². The maximum Gasteiger partial charge on any atom is 0.266 e. The quantitative estimate of drug-likeness (QED) is 0.365. The van der Waals surface area contributed by atoms with Crippen LogP contribution in [0, 0.1) is 11.6 Å². The summed E-state index contributed by atoms with van der Waals surface area (Å²) >= 11 is 1.01. The molecule has 0 aliphatic carbocycles. The molecule has 0 spiro atoms. The van der Waals surface area contributed by atoms with Crippen molar-refractivity contribution in [3.8, 4) is 5.69 Å². The second kappa shape index (κ2) is 9.09. The van der Waals surface area contributed by atoms with Crippen molar-refractivity contribution in [1.82, 2.24) is 14.9 Å². The van der Waals surface area contributed by atoms with E-state index in [1.165, 1.54) is 28.8 Å². The van der Waals surface area contributed by atoms with Gasteiger partial charge in [-0.05, 0) is 30.3 Å². The maximum atomic E-state index is 14.5. The lowest BCUT2D eigenvalue weighted by Gasteiger charge is -2.14. The summed E-state index contributed by atoms with van der Waals surface area (Å²) in [6.07, 6.45) is 0. The van der Waals surface area contributed by atoms with Crippen molar-refractivity contribution in [1.29, 1.82) is 0 Å². The van der Waals surface area contributed by atoms with Crippen LogP contribution in [-0.4, -0.2) is 21.2 Å². The molecule has 0 aliphatic rings. The molecule has 4 rings (SSSR count). The molecule has 0 radical (unpaired) electrons. The van der Waals surface area contributed by atoms with Gasteiger partial charge in [-0.1, -0.05) is 54.2 Å². The number of aromatic nitrogens is 2. The molecule has 0 bridgehead atoms. The summed E-state index contributed by atoms with van der Waals surface area (Å²) in [5.74, 6) is -1.42. The minimum atomic E-state index is -0.576. The highest BCUT2D eigenvalue weighted by molar-refractivity contribution is 7.99. The van der Waals surface area contributed by atoms with Gasteiger partial charge in [-0.15, -0.1) is 0 Å². The second-order valence-corrected chi connectivity index (χ2v) is 7.60. The van der Waals surface area contributed by atoms with Gasteiger partial charge in [-0.25, -0.2) is 13.8 Å². The summed E-state index contributed by atoms with van der Waals surface area (Å²) in [6.45, 7) is 0.0390. The van der Waals surface area contributed by atoms with Crippen LogP contribution in [0.4, 0.5) is 8.78 Å². The first-order valence-electron chi connectivity index (χ1n) is 9.44. The van der Waals surface area contributed by atoms with Crippen LogP contribution in [0.5, 0.6) is 0 Å². The molecule has 1 amide bonds. The Morgan fingerprint density at radius 2 is 1.61 bits per heavy atom. The van der Waals surface area contributed by atoms with E-state index < -0.39 is 17.2 Å². The fraction of sp³-hybridized carbons (Fsp3) is 0.0870. The first-order chi connectivity index (χ1) is 15.0. The van der Waals surface area contributed by atoms with E-state index in [2.05, 4.69) is 10.3 Å². The van der Waals surface area contributed by atoms with Crippen LogP contribution in [0.2, 0.25) is 0 Å². The van der Waals surface area contributed by atoms with Crippen molar-refractivity contribution >= 4 is 28.6 Å². The topological polar surface area (TPSA) is 64.0 Å². The maximum absolute atomic E-state index is 14.5. The molecule has 0 saturated carbocycles. The summed E-state index contributed by atoms with van der Waals surface area (Å²) in [5.41, 5.74) is 0.451. The summed E-state index contributed by atoms with van der Waals surface area (Å²) in [5, 5.41) is 3.18. The van der Waals surface area contributed by atoms with Gasteiger partial charge >= 0.3 is 0 Å². The Kier molecular flexibility index (Phi) is 6.08. The molecular weight excluding hydrogens is 420 g/mol. The summed E-state index contributed by atoms with van der Waals surface area (Å²) in [4.78, 5) is 29.9. The van der Waals surface area contributed by atoms with E-state index in [0.29, 0.717) is 16.5 Å². The predicted octanol–water partition coefficient (Wildman–Crippen LogP) is 4.07. The molecule has 5 nitrogen and oxygen atoms in total. The van der Waals surface area contributed by atoms with Gasteiger partial charge in [-0.3, -0.25) is 14.2 Å². The zero-order chi connectivity index (χ0) is 21.8. The van der Waals surface area contributed by atoms with E-state index in [-0.39, 0.29) is 29.0 Å². The number of halogens is 2. The Labute approximate surface area is 180 Å². The van der Waals surface area contributed by atoms with E-state index in [9.17, 15) is 18.4 Å². The third-order valence-electron chi connectivity index (χ3n) is 4.60. The van der Waals surface area contributed by atoms with Gasteiger partial charge in [0, 0.05) is 12.1 Å². The smallest absolute Gasteiger partial charge is 0.266 e. The highest BCUT2D eigenvalue weighted by atomic mass is 32.2. The number of hydrogen-bond acceptors (Lipinski definition) is 4. The Hall–Kier alpha value is -3.52. The number of thioether (sulfide) groups is 1. The Balaban J connectivity index is 1.61. The van der Waals surface area contributed by atoms with E-state index >= 15 is 0 Å². The summed E-state index contributed by atoms with van der Waals surface area (Å²) < 4.78 is 29.4. The van der Waals surface area contributed by atoms with Crippen LogP contribution >= 0.6 is 11.8 Å². The SMILES string of the molecule is O=C(CSc1nc2ccccc2c(=O)n1-c1ccccc1F)NCc1ccccc1F. The zero-order valence-corrected chi connectivity index (χ0v) is 17.0. The van der Waals surface area contributed by atoms with Crippen LogP contribution in [0.15, 0.2) is 82.7 Å². The highest BCUT2D eigenvalue weighted by Gasteiger charge is 2.17. The van der Waals surface area contributed by atoms with Gasteiger partial charge in [0.25, 0.3) is 5.56 Å². The molecule has 3 aromatic carbocycles. The Bertz CT molecular complexity index is 1320. The van der Waals surface area contributed by atoms with Crippen molar-refractivity contribution in [2.45, 2.75) is 11.7 Å². The third-order valence-corrected chi connectivity index (χ3v) is 5.54. The van der Waals surface area contributed by atoms with Crippen molar-refractivity contribution < 1.29 is 13.6 Å². The zero-order valence-electron chi connectivity index (χ0n) is 16.2. The summed E-state index contributed by atoms with van der Waals surface area (Å²) in [6, 6.07) is 18.8. The molecule has 1 heterocycles. The molecule has 8 heteroatoms. The van der Waals surface area contributed by atoms with Gasteiger partial charge in [0.1, 0.15) is 11.6 Å². The molecular formula is C23H17F2N3O2S. The van der Waals surface area contributed by atoms with Crippen LogP contribution < -0.4 is 10.9 Å². The predicted molar refractivity (Wildman–Crippen MR) is 116 cm³/mol. The normalized spacial score (nSPS) is 10.9. The molecule has 4 aromatic rings. The number of benzene rings is 3. The lowest BCUT2D eigenvalue weighted by atomic mass is 10.2. The van der Waals surface area contributed by atoms with Gasteiger partial charge in [0.15, 0.2) is 5.16 Å². The molecule has 1 aromatic heterocycles. The largest absolute Gasteiger partial charge is 0.351 e. The number of amides is 1. The lowest BCUT2D eigenvalue weighted by Crippen LogP contribution is -2.26. The number of rotatable bonds is 6. The number of nitrogens with zero attached hydrogens (tertiary/aromatic N) is 2. The molecule has 156 valence electrons. The lowest BCUT2D eigenvalue weighted by molar-refractivity contribution is -0.118. The van der Waals surface area contributed by atoms with E-state index in [1.807, 2.05) is 0 Å². The molecule has 1 N–H and O–H groups in total. The standard InChI is InChI=1S/C23H17F2N3O2S/c24-17-9-3-1-7-15(17)13-26-21(29)14-31-23-27-19-11-5-2-8-16(19)22(30)28(23)20-12-6-4-10-18(20)25/h1-12H,13-14H2,(H,26,29). The molecule has 31 heavy (non-hydrogen) atoms. The van der Waals surface area contributed by atoms with Crippen molar-refractivity contribution in [2.24, 2.45) is 0 Å². The van der Waals surface area contributed by atoms with Crippen LogP contribution in [0.25, 0.3) is 16.6 Å². The van der Waals surface area contributed by atoms with E-state index in [1.54, 1.807) is 48.5 Å². The average Bonchev–Trinajstić information content (AvgIpc) is 2.78. The minimum absolute atomic E-state index is 0.0390. The highest BCUT2D eigenvalue weighted by Crippen LogP contribution is 2.22. The van der Waals surface area contributed by atoms with Gasteiger partial charge in [-0.2, -0.15) is 0 Å². The van der Waals surface area contributed by atoms with Gasteiger partial charge in [0.2, 0.25) is 5.91 Å². The van der Waals surface area contributed by atoms with Gasteiger partial charge in [0.05, 0.1) is 22.3 Å². The average molecular weight is 437 g/mol. The van der Waals surface area contributed by atoms with E-state index in [4.69, 9.17) is 0 Å². The molecule has 0 fully saturated rings. The number of hydrogen-bond donors (Lipinski definition) is 1. The van der Waals surface area contributed by atoms with Gasteiger partial charge < -0.3 is 5.32 Å². The molecule has 0 unspecified atom stereocenters. The minimum Gasteiger partial charge on any atom is -0.351 e. The Morgan fingerprint density at radius 1 is 0.935 bits per heavy atom. The molecule has 0 saturated heterocycles. The van der Waals surface area contributed by atoms with Crippen molar-refractivity contribution in [2.75, 3.05) is 5.75 Å². The monoisotopic (exact) mass is 437 g/mol. The molecule has 0 aliphatic heterocycles. The molecule has 0 atom stereocenters. The fourth-order valence-corrected chi connectivity index (χ4v) is 3.91. The van der Waals surface area contributed by atoms with Crippen molar-refractivity contribution in [3.63, 3.8) is 0 Å².